The summed E-state index contributed by atoms with van der Waals surface area (Å²) >= 11 is 0. The minimum Gasteiger partial charge on any atom is -0.391 e. The number of benzene rings is 1. The molecule has 0 heterocycles. The Kier molecular flexibility index (Phi) is 8.05. The number of alkyl halides is 6. The topological polar surface area (TPSA) is 46.2 Å². The highest BCUT2D eigenvalue weighted by molar-refractivity contribution is 5.85. The number of rotatable bonds is 5. The quantitative estimate of drug-likeness (QED) is 0.711. The molecule has 0 aliphatic heterocycles. The lowest BCUT2D eigenvalue weighted by atomic mass is 9.91. The van der Waals surface area contributed by atoms with E-state index < -0.39 is 41.2 Å². The Morgan fingerprint density at radius 3 is 1.96 bits per heavy atom. The lowest BCUT2D eigenvalue weighted by molar-refractivity contribution is -0.143. The van der Waals surface area contributed by atoms with Crippen molar-refractivity contribution < 1.29 is 31.4 Å². The summed E-state index contributed by atoms with van der Waals surface area (Å²) < 4.78 is 77.0. The van der Waals surface area contributed by atoms with Gasteiger partial charge in [0.1, 0.15) is 0 Å². The standard InChI is InChI=1S/C15H19F6NO.ClH/c1-8(2)3-6-12(23)13(22)10-5-4-9(14(16,17)18)7-11(10)15(19,20)21;/h4-5,7-8,12-13,23H,3,6,22H2,1-2H3;1H/t12-,13+;/m1./s1. The van der Waals surface area contributed by atoms with Gasteiger partial charge in [-0.3, -0.25) is 0 Å². The van der Waals surface area contributed by atoms with Crippen molar-refractivity contribution in [3.8, 4) is 0 Å². The van der Waals surface area contributed by atoms with Crippen LogP contribution in [-0.4, -0.2) is 11.2 Å². The second-order valence-electron chi connectivity index (χ2n) is 5.86. The van der Waals surface area contributed by atoms with Crippen molar-refractivity contribution in [2.75, 3.05) is 0 Å². The smallest absolute Gasteiger partial charge is 0.391 e. The summed E-state index contributed by atoms with van der Waals surface area (Å²) in [7, 11) is 0. The summed E-state index contributed by atoms with van der Waals surface area (Å²) in [6, 6.07) is -0.147. The third-order valence-electron chi connectivity index (χ3n) is 3.50. The van der Waals surface area contributed by atoms with E-state index in [0.29, 0.717) is 18.6 Å². The van der Waals surface area contributed by atoms with E-state index in [-0.39, 0.29) is 30.8 Å². The fourth-order valence-corrected chi connectivity index (χ4v) is 2.16. The minimum atomic E-state index is -4.99. The Hall–Kier alpha value is -0.990. The minimum absolute atomic E-state index is 0. The molecule has 0 radical (unpaired) electrons. The van der Waals surface area contributed by atoms with Crippen molar-refractivity contribution in [2.45, 2.75) is 51.2 Å². The molecule has 9 heteroatoms. The average molecular weight is 380 g/mol. The SMILES string of the molecule is CC(C)CC[C@@H](O)[C@@H](N)c1ccc(C(F)(F)F)cc1C(F)(F)F.Cl. The number of nitrogens with two attached hydrogens (primary N) is 1. The maximum Gasteiger partial charge on any atom is 0.416 e. The average Bonchev–Trinajstić information content (AvgIpc) is 2.41. The summed E-state index contributed by atoms with van der Waals surface area (Å²) in [5.41, 5.74) is 2.24. The van der Waals surface area contributed by atoms with Crippen LogP contribution in [0.4, 0.5) is 26.3 Å². The molecule has 1 aromatic rings. The fraction of sp³-hybridized carbons (Fsp3) is 0.600. The van der Waals surface area contributed by atoms with Crippen molar-refractivity contribution in [2.24, 2.45) is 11.7 Å². The molecule has 0 saturated carbocycles. The Labute approximate surface area is 142 Å². The van der Waals surface area contributed by atoms with E-state index in [2.05, 4.69) is 0 Å². The number of aliphatic hydroxyl groups is 1. The van der Waals surface area contributed by atoms with Gasteiger partial charge in [0.05, 0.1) is 23.3 Å². The first-order chi connectivity index (χ1) is 10.3. The Morgan fingerprint density at radius 2 is 1.54 bits per heavy atom. The van der Waals surface area contributed by atoms with Gasteiger partial charge in [0.15, 0.2) is 0 Å². The lowest BCUT2D eigenvalue weighted by Crippen LogP contribution is -2.29. The van der Waals surface area contributed by atoms with Gasteiger partial charge in [0, 0.05) is 0 Å². The normalized spacial score (nSPS) is 15.1. The molecule has 0 amide bonds. The van der Waals surface area contributed by atoms with Crippen LogP contribution in [-0.2, 0) is 12.4 Å². The van der Waals surface area contributed by atoms with Gasteiger partial charge < -0.3 is 10.8 Å². The first-order valence-corrected chi connectivity index (χ1v) is 7.06. The largest absolute Gasteiger partial charge is 0.416 e. The van der Waals surface area contributed by atoms with E-state index in [4.69, 9.17) is 5.73 Å². The van der Waals surface area contributed by atoms with Crippen LogP contribution in [0.5, 0.6) is 0 Å². The van der Waals surface area contributed by atoms with Crippen LogP contribution in [0.25, 0.3) is 0 Å². The molecule has 0 unspecified atom stereocenters. The van der Waals surface area contributed by atoms with Crippen LogP contribution < -0.4 is 5.73 Å². The molecule has 0 aliphatic rings. The zero-order valence-electron chi connectivity index (χ0n) is 13.1. The van der Waals surface area contributed by atoms with E-state index >= 15 is 0 Å². The molecule has 0 aliphatic carbocycles. The van der Waals surface area contributed by atoms with Crippen molar-refractivity contribution in [3.63, 3.8) is 0 Å². The van der Waals surface area contributed by atoms with Crippen LogP contribution in [0.3, 0.4) is 0 Å². The summed E-state index contributed by atoms with van der Waals surface area (Å²) in [6.45, 7) is 3.75. The molecule has 140 valence electrons. The first-order valence-electron chi connectivity index (χ1n) is 7.06. The molecule has 2 atom stereocenters. The van der Waals surface area contributed by atoms with Gasteiger partial charge in [0.2, 0.25) is 0 Å². The summed E-state index contributed by atoms with van der Waals surface area (Å²) in [5, 5.41) is 9.92. The predicted molar refractivity (Wildman–Crippen MR) is 80.7 cm³/mol. The van der Waals surface area contributed by atoms with Crippen molar-refractivity contribution in [3.05, 3.63) is 34.9 Å². The Bertz CT molecular complexity index is 530. The first kappa shape index (κ1) is 23.0. The summed E-state index contributed by atoms with van der Waals surface area (Å²) in [4.78, 5) is 0. The molecule has 0 bridgehead atoms. The zero-order valence-corrected chi connectivity index (χ0v) is 13.9. The Morgan fingerprint density at radius 1 is 1.00 bits per heavy atom. The molecule has 3 N–H and O–H groups in total. The molecule has 1 aromatic carbocycles. The van der Waals surface area contributed by atoms with E-state index in [9.17, 15) is 31.4 Å². The van der Waals surface area contributed by atoms with Gasteiger partial charge in [-0.25, -0.2) is 0 Å². The van der Waals surface area contributed by atoms with Gasteiger partial charge >= 0.3 is 12.4 Å². The monoisotopic (exact) mass is 379 g/mol. The lowest BCUT2D eigenvalue weighted by Gasteiger charge is -2.24. The van der Waals surface area contributed by atoms with Gasteiger partial charge in [0.25, 0.3) is 0 Å². The molecule has 0 spiro atoms. The molecule has 0 saturated heterocycles. The zero-order chi connectivity index (χ0) is 18.0. The van der Waals surface area contributed by atoms with E-state index in [1.807, 2.05) is 13.8 Å². The number of aliphatic hydroxyl groups excluding tert-OH is 1. The molecule has 2 nitrogen and oxygen atoms in total. The molecular formula is C15H20ClF6NO. The maximum atomic E-state index is 13.0. The summed E-state index contributed by atoms with van der Waals surface area (Å²) in [6.07, 6.45) is -10.4. The van der Waals surface area contributed by atoms with E-state index in [1.165, 1.54) is 0 Å². The third-order valence-corrected chi connectivity index (χ3v) is 3.50. The fourth-order valence-electron chi connectivity index (χ4n) is 2.16. The van der Waals surface area contributed by atoms with Gasteiger partial charge in [-0.2, -0.15) is 26.3 Å². The molecule has 0 fully saturated rings. The van der Waals surface area contributed by atoms with Crippen LogP contribution >= 0.6 is 12.4 Å². The van der Waals surface area contributed by atoms with Gasteiger partial charge in [-0.1, -0.05) is 19.9 Å². The van der Waals surface area contributed by atoms with Crippen molar-refractivity contribution in [1.29, 1.82) is 0 Å². The van der Waals surface area contributed by atoms with Crippen LogP contribution in [0.2, 0.25) is 0 Å². The molecular weight excluding hydrogens is 360 g/mol. The number of hydrogen-bond acceptors (Lipinski definition) is 2. The van der Waals surface area contributed by atoms with Crippen LogP contribution in [0, 0.1) is 5.92 Å². The van der Waals surface area contributed by atoms with Gasteiger partial charge in [-0.15, -0.1) is 12.4 Å². The maximum absolute atomic E-state index is 13.0. The second-order valence-corrected chi connectivity index (χ2v) is 5.86. The number of hydrogen-bond donors (Lipinski definition) is 2. The highest BCUT2D eigenvalue weighted by Crippen LogP contribution is 2.39. The number of halogens is 7. The summed E-state index contributed by atoms with van der Waals surface area (Å²) in [5.74, 6) is 0.214. The molecule has 24 heavy (non-hydrogen) atoms. The van der Waals surface area contributed by atoms with Gasteiger partial charge in [-0.05, 0) is 36.5 Å². The van der Waals surface area contributed by atoms with Crippen LogP contribution in [0.1, 0.15) is 49.4 Å². The van der Waals surface area contributed by atoms with E-state index in [1.54, 1.807) is 0 Å². The second kappa shape index (κ2) is 8.40. The Balaban J connectivity index is 0.00000529. The predicted octanol–water partition coefficient (Wildman–Crippen LogP) is 4.94. The highest BCUT2D eigenvalue weighted by Gasteiger charge is 2.39. The third kappa shape index (κ3) is 6.14. The molecule has 1 rings (SSSR count). The van der Waals surface area contributed by atoms with Crippen LogP contribution in [0.15, 0.2) is 18.2 Å². The van der Waals surface area contributed by atoms with Crippen molar-refractivity contribution in [1.82, 2.24) is 0 Å². The van der Waals surface area contributed by atoms with Crippen molar-refractivity contribution >= 4 is 12.4 Å². The van der Waals surface area contributed by atoms with E-state index in [0.717, 1.165) is 0 Å². The highest BCUT2D eigenvalue weighted by atomic mass is 35.5. The molecule has 0 aromatic heterocycles.